The van der Waals surface area contributed by atoms with Crippen molar-refractivity contribution < 1.29 is 24.9 Å². The van der Waals surface area contributed by atoms with Gasteiger partial charge >= 0.3 is 5.97 Å². The molecule has 0 saturated heterocycles. The van der Waals surface area contributed by atoms with Gasteiger partial charge in [-0.05, 0) is 55.2 Å². The van der Waals surface area contributed by atoms with E-state index in [2.05, 4.69) is 21.4 Å². The molecule has 0 radical (unpaired) electrons. The van der Waals surface area contributed by atoms with E-state index in [1.165, 1.54) is 0 Å². The van der Waals surface area contributed by atoms with Crippen molar-refractivity contribution in [3.05, 3.63) is 56.8 Å². The Morgan fingerprint density at radius 3 is 2.62 bits per heavy atom. The number of hydrogen-bond acceptors (Lipinski definition) is 5. The van der Waals surface area contributed by atoms with Gasteiger partial charge in [-0.1, -0.05) is 18.2 Å². The highest BCUT2D eigenvalue weighted by Crippen LogP contribution is 2.22. The van der Waals surface area contributed by atoms with E-state index in [-0.39, 0.29) is 30.9 Å². The van der Waals surface area contributed by atoms with Gasteiger partial charge in [-0.2, -0.15) is 0 Å². The maximum absolute atomic E-state index is 12.6. The van der Waals surface area contributed by atoms with Crippen LogP contribution in [0.5, 0.6) is 0 Å². The van der Waals surface area contributed by atoms with Crippen LogP contribution >= 0.6 is 0 Å². The summed E-state index contributed by atoms with van der Waals surface area (Å²) in [6.45, 7) is 0.172. The van der Waals surface area contributed by atoms with Crippen molar-refractivity contribution in [3.8, 4) is 11.3 Å². The van der Waals surface area contributed by atoms with Gasteiger partial charge in [0.05, 0.1) is 29.9 Å². The molecular formula is C25H27N3O6. The van der Waals surface area contributed by atoms with Gasteiger partial charge in [0, 0.05) is 28.4 Å². The summed E-state index contributed by atoms with van der Waals surface area (Å²) in [6, 6.07) is 8.93. The van der Waals surface area contributed by atoms with Crippen molar-refractivity contribution in [3.63, 3.8) is 0 Å². The predicted octanol–water partition coefficient (Wildman–Crippen LogP) is 0.584. The molecule has 2 aromatic heterocycles. The van der Waals surface area contributed by atoms with Crippen LogP contribution in [0.2, 0.25) is 0 Å². The Hall–Kier alpha value is -3.69. The van der Waals surface area contributed by atoms with Crippen LogP contribution in [0.15, 0.2) is 35.1 Å². The molecule has 1 amide bonds. The number of aliphatic hydroxyl groups is 2. The fourth-order valence-electron chi connectivity index (χ4n) is 4.15. The molecule has 9 nitrogen and oxygen atoms in total. The summed E-state index contributed by atoms with van der Waals surface area (Å²) in [5.41, 5.74) is 2.16. The van der Waals surface area contributed by atoms with E-state index in [0.29, 0.717) is 22.3 Å². The molecular weight excluding hydrogens is 438 g/mol. The van der Waals surface area contributed by atoms with Crippen LogP contribution in [0.25, 0.3) is 34.3 Å². The number of fused-ring (bicyclic) bond motifs is 2. The zero-order valence-corrected chi connectivity index (χ0v) is 18.5. The van der Waals surface area contributed by atoms with E-state index in [1.807, 2.05) is 18.2 Å². The average Bonchev–Trinajstić information content (AvgIpc) is 3.21. The molecule has 4 rings (SSSR count). The Balaban J connectivity index is 1.43. The van der Waals surface area contributed by atoms with Crippen molar-refractivity contribution in [2.75, 3.05) is 6.54 Å². The molecule has 1 aliphatic rings. The Labute approximate surface area is 194 Å². The van der Waals surface area contributed by atoms with Crippen molar-refractivity contribution in [2.45, 2.75) is 44.3 Å². The third kappa shape index (κ3) is 5.44. The van der Waals surface area contributed by atoms with Gasteiger partial charge in [-0.3, -0.25) is 14.4 Å². The minimum atomic E-state index is -1.14. The molecule has 9 heteroatoms. The van der Waals surface area contributed by atoms with Gasteiger partial charge in [0.2, 0.25) is 0 Å². The second-order valence-corrected chi connectivity index (χ2v) is 8.54. The lowest BCUT2D eigenvalue weighted by molar-refractivity contribution is -0.139. The van der Waals surface area contributed by atoms with E-state index in [1.54, 1.807) is 18.2 Å². The molecule has 0 aliphatic heterocycles. The normalized spacial score (nSPS) is 14.5. The number of benzene rings is 1. The molecule has 178 valence electrons. The van der Waals surface area contributed by atoms with Crippen LogP contribution in [0.4, 0.5) is 0 Å². The molecule has 34 heavy (non-hydrogen) atoms. The topological polar surface area (TPSA) is 156 Å². The smallest absolute Gasteiger partial charge is 0.305 e. The summed E-state index contributed by atoms with van der Waals surface area (Å²) in [5.74, 6) is -1.46. The molecule has 1 aliphatic carbocycles. The summed E-state index contributed by atoms with van der Waals surface area (Å²) in [6.07, 6.45) is 3.59. The highest BCUT2D eigenvalue weighted by molar-refractivity contribution is 5.98. The third-order valence-electron chi connectivity index (χ3n) is 5.88. The number of carboxylic acid groups (broad SMARTS) is 1. The van der Waals surface area contributed by atoms with Crippen molar-refractivity contribution >= 4 is 34.9 Å². The first kappa shape index (κ1) is 23.5. The number of aliphatic hydroxyl groups excluding tert-OH is 2. The summed E-state index contributed by atoms with van der Waals surface area (Å²) in [7, 11) is 0. The average molecular weight is 466 g/mol. The molecule has 0 fully saturated rings. The van der Waals surface area contributed by atoms with Crippen LogP contribution in [-0.4, -0.2) is 55.9 Å². The molecule has 6 N–H and O–H groups in total. The van der Waals surface area contributed by atoms with Crippen LogP contribution < -0.4 is 21.4 Å². The SMILES string of the molecule is O=C(O)CC(O)CC(O)CCNC(=O)c1ccc2cc(-c3cc4c([nH]c3=O)=CCCC=4)[nH]c2c1. The number of carboxylic acids is 1. The maximum Gasteiger partial charge on any atom is 0.305 e. The summed E-state index contributed by atoms with van der Waals surface area (Å²) in [5, 5.41) is 33.6. The van der Waals surface area contributed by atoms with Crippen LogP contribution in [0, 0.1) is 0 Å². The minimum Gasteiger partial charge on any atom is -0.481 e. The Morgan fingerprint density at radius 2 is 1.82 bits per heavy atom. The first-order valence-corrected chi connectivity index (χ1v) is 11.2. The maximum atomic E-state index is 12.6. The Kier molecular flexibility index (Phi) is 6.95. The lowest BCUT2D eigenvalue weighted by Crippen LogP contribution is -2.36. The van der Waals surface area contributed by atoms with E-state index >= 15 is 0 Å². The number of aromatic amines is 2. The summed E-state index contributed by atoms with van der Waals surface area (Å²) >= 11 is 0. The second kappa shape index (κ2) is 10.1. The first-order chi connectivity index (χ1) is 16.3. The highest BCUT2D eigenvalue weighted by atomic mass is 16.4. The van der Waals surface area contributed by atoms with Crippen LogP contribution in [-0.2, 0) is 4.79 Å². The molecule has 2 heterocycles. The number of aliphatic carboxylic acids is 1. The van der Waals surface area contributed by atoms with Crippen molar-refractivity contribution in [2.24, 2.45) is 0 Å². The number of amides is 1. The molecule has 2 atom stereocenters. The molecule has 2 unspecified atom stereocenters. The molecule has 0 spiro atoms. The first-order valence-electron chi connectivity index (χ1n) is 11.2. The van der Waals surface area contributed by atoms with Crippen molar-refractivity contribution in [1.29, 1.82) is 0 Å². The Bertz CT molecular complexity index is 1400. The van der Waals surface area contributed by atoms with Crippen LogP contribution in [0.3, 0.4) is 0 Å². The molecule has 3 aromatic rings. The van der Waals surface area contributed by atoms with Gasteiger partial charge in [0.1, 0.15) is 0 Å². The van der Waals surface area contributed by atoms with Gasteiger partial charge in [0.15, 0.2) is 0 Å². The van der Waals surface area contributed by atoms with Gasteiger partial charge in [0.25, 0.3) is 11.5 Å². The zero-order valence-electron chi connectivity index (χ0n) is 18.5. The summed E-state index contributed by atoms with van der Waals surface area (Å²) in [4.78, 5) is 41.9. The number of H-pyrrole nitrogens is 2. The van der Waals surface area contributed by atoms with E-state index < -0.39 is 24.6 Å². The third-order valence-corrected chi connectivity index (χ3v) is 5.88. The molecule has 1 aromatic carbocycles. The monoisotopic (exact) mass is 465 g/mol. The fraction of sp³-hybridized carbons (Fsp3) is 0.320. The quantitative estimate of drug-likeness (QED) is 0.272. The highest BCUT2D eigenvalue weighted by Gasteiger charge is 2.16. The van der Waals surface area contributed by atoms with E-state index in [0.717, 1.165) is 28.8 Å². The predicted molar refractivity (Wildman–Crippen MR) is 128 cm³/mol. The summed E-state index contributed by atoms with van der Waals surface area (Å²) < 4.78 is 0. The Morgan fingerprint density at radius 1 is 1.03 bits per heavy atom. The fourth-order valence-corrected chi connectivity index (χ4v) is 4.15. The zero-order chi connectivity index (χ0) is 24.2. The van der Waals surface area contributed by atoms with E-state index in [9.17, 15) is 24.6 Å². The van der Waals surface area contributed by atoms with Crippen LogP contribution in [0.1, 0.15) is 42.5 Å². The number of carbonyl (C=O) groups excluding carboxylic acids is 1. The lowest BCUT2D eigenvalue weighted by Gasteiger charge is -2.14. The van der Waals surface area contributed by atoms with E-state index in [4.69, 9.17) is 5.11 Å². The minimum absolute atomic E-state index is 0.0724. The number of pyridine rings is 1. The number of nitrogens with one attached hydrogen (secondary N) is 3. The lowest BCUT2D eigenvalue weighted by atomic mass is 10.1. The largest absolute Gasteiger partial charge is 0.481 e. The van der Waals surface area contributed by atoms with Gasteiger partial charge in [-0.15, -0.1) is 0 Å². The molecule has 0 saturated carbocycles. The number of aromatic nitrogens is 2. The number of rotatable bonds is 9. The van der Waals surface area contributed by atoms with Crippen molar-refractivity contribution in [1.82, 2.24) is 15.3 Å². The second-order valence-electron chi connectivity index (χ2n) is 8.54. The van der Waals surface area contributed by atoms with Gasteiger partial charge < -0.3 is 30.6 Å². The standard InChI is InChI=1S/C25H27N3O6/c29-17(12-18(30)13-23(31)32)7-8-26-24(33)16-6-5-15-10-22(27-21(15)11-16)19-9-14-3-1-2-4-20(14)28-25(19)34/h3-6,9-11,17-18,27,29-30H,1-2,7-8,12-13H2,(H,26,33)(H,28,34)(H,31,32). The molecule has 0 bridgehead atoms. The van der Waals surface area contributed by atoms with Gasteiger partial charge in [-0.25, -0.2) is 0 Å². The number of carbonyl (C=O) groups is 2. The number of hydrogen-bond donors (Lipinski definition) is 6.